The first kappa shape index (κ1) is 18.0. The zero-order valence-electron chi connectivity index (χ0n) is 15.0. The van der Waals surface area contributed by atoms with Crippen molar-refractivity contribution in [1.29, 1.82) is 5.26 Å². The van der Waals surface area contributed by atoms with Crippen LogP contribution in [0.3, 0.4) is 0 Å². The molecule has 136 valence electrons. The van der Waals surface area contributed by atoms with Gasteiger partial charge in [0.25, 0.3) is 0 Å². The molecule has 0 bridgehead atoms. The minimum Gasteiger partial charge on any atom is -0.493 e. The Morgan fingerprint density at radius 2 is 1.93 bits per heavy atom. The van der Waals surface area contributed by atoms with Crippen LogP contribution in [0.25, 0.3) is 10.9 Å². The number of fused-ring (bicyclic) bond motifs is 1. The predicted molar refractivity (Wildman–Crippen MR) is 101 cm³/mol. The number of aromatic carboxylic acids is 1. The number of aromatic nitrogens is 1. The normalized spacial score (nSPS) is 10.3. The number of carboxylic acid groups (broad SMARTS) is 1. The van der Waals surface area contributed by atoms with Gasteiger partial charge in [-0.2, -0.15) is 5.26 Å². The summed E-state index contributed by atoms with van der Waals surface area (Å²) in [6, 6.07) is 10.5. The molecule has 3 rings (SSSR count). The molecule has 7 heteroatoms. The van der Waals surface area contributed by atoms with Crippen molar-refractivity contribution in [3.63, 3.8) is 0 Å². The highest BCUT2D eigenvalue weighted by molar-refractivity contribution is 5.98. The Labute approximate surface area is 155 Å². The monoisotopic (exact) mass is 363 g/mol. The van der Waals surface area contributed by atoms with E-state index in [0.717, 1.165) is 0 Å². The van der Waals surface area contributed by atoms with Gasteiger partial charge in [0.1, 0.15) is 6.07 Å². The van der Waals surface area contributed by atoms with Crippen LogP contribution in [0.2, 0.25) is 0 Å². The lowest BCUT2D eigenvalue weighted by Crippen LogP contribution is -2.04. The Kier molecular flexibility index (Phi) is 4.81. The lowest BCUT2D eigenvalue weighted by molar-refractivity contribution is 0.0696. The molecule has 1 aromatic heterocycles. The van der Waals surface area contributed by atoms with Gasteiger partial charge in [-0.25, -0.2) is 4.79 Å². The number of anilines is 2. The number of methoxy groups -OCH3 is 2. The smallest absolute Gasteiger partial charge is 0.336 e. The summed E-state index contributed by atoms with van der Waals surface area (Å²) in [6.45, 7) is 1.71. The van der Waals surface area contributed by atoms with Gasteiger partial charge in [0, 0.05) is 23.3 Å². The number of nitrogens with one attached hydrogen (secondary N) is 1. The Hall–Kier alpha value is -3.79. The summed E-state index contributed by atoms with van der Waals surface area (Å²) in [5.41, 5.74) is 2.81. The van der Waals surface area contributed by atoms with Crippen LogP contribution in [0.5, 0.6) is 11.5 Å². The molecule has 27 heavy (non-hydrogen) atoms. The van der Waals surface area contributed by atoms with Gasteiger partial charge in [0.2, 0.25) is 0 Å². The van der Waals surface area contributed by atoms with Crippen LogP contribution in [-0.2, 0) is 0 Å². The maximum absolute atomic E-state index is 11.4. The number of benzene rings is 2. The van der Waals surface area contributed by atoms with Gasteiger partial charge in [-0.05, 0) is 30.7 Å². The number of rotatable bonds is 5. The molecule has 0 aliphatic carbocycles. The van der Waals surface area contributed by atoms with E-state index < -0.39 is 5.97 Å². The quantitative estimate of drug-likeness (QED) is 0.709. The number of carbonyl (C=O) groups is 1. The van der Waals surface area contributed by atoms with Crippen molar-refractivity contribution in [3.8, 4) is 17.6 Å². The molecule has 2 N–H and O–H groups in total. The van der Waals surface area contributed by atoms with Gasteiger partial charge in [-0.3, -0.25) is 4.98 Å². The molecule has 7 nitrogen and oxygen atoms in total. The van der Waals surface area contributed by atoms with Gasteiger partial charge in [-0.15, -0.1) is 0 Å². The summed E-state index contributed by atoms with van der Waals surface area (Å²) in [4.78, 5) is 15.7. The van der Waals surface area contributed by atoms with Crippen molar-refractivity contribution in [2.24, 2.45) is 0 Å². The van der Waals surface area contributed by atoms with E-state index >= 15 is 0 Å². The highest BCUT2D eigenvalue weighted by Crippen LogP contribution is 2.37. The molecule has 1 heterocycles. The van der Waals surface area contributed by atoms with Gasteiger partial charge in [-0.1, -0.05) is 6.07 Å². The van der Waals surface area contributed by atoms with E-state index in [1.54, 1.807) is 31.2 Å². The van der Waals surface area contributed by atoms with E-state index in [9.17, 15) is 15.2 Å². The van der Waals surface area contributed by atoms with Crippen molar-refractivity contribution < 1.29 is 19.4 Å². The van der Waals surface area contributed by atoms with E-state index in [1.165, 1.54) is 26.5 Å². The maximum atomic E-state index is 11.4. The Bertz CT molecular complexity index is 1090. The lowest BCUT2D eigenvalue weighted by atomic mass is 10.0. The zero-order chi connectivity index (χ0) is 19.6. The number of carboxylic acids is 1. The van der Waals surface area contributed by atoms with Crippen LogP contribution in [0, 0.1) is 18.3 Å². The molecule has 0 aliphatic heterocycles. The third-order valence-corrected chi connectivity index (χ3v) is 4.32. The first-order valence-corrected chi connectivity index (χ1v) is 8.05. The van der Waals surface area contributed by atoms with Crippen molar-refractivity contribution in [2.75, 3.05) is 19.5 Å². The molecule has 2 aromatic carbocycles. The molecule has 0 saturated heterocycles. The number of nitriles is 1. The molecule has 0 radical (unpaired) electrons. The molecule has 3 aromatic rings. The summed E-state index contributed by atoms with van der Waals surface area (Å²) >= 11 is 0. The molecular formula is C20H17N3O4. The molecule has 0 amide bonds. The summed E-state index contributed by atoms with van der Waals surface area (Å²) in [6.07, 6.45) is 1.47. The maximum Gasteiger partial charge on any atom is 0.336 e. The fraction of sp³-hybridized carbons (Fsp3) is 0.150. The number of hydrogen-bond acceptors (Lipinski definition) is 6. The van der Waals surface area contributed by atoms with Crippen molar-refractivity contribution in [3.05, 3.63) is 53.2 Å². The van der Waals surface area contributed by atoms with Gasteiger partial charge in [0.05, 0.1) is 36.6 Å². The average molecular weight is 363 g/mol. The highest BCUT2D eigenvalue weighted by atomic mass is 16.5. The number of nitrogens with zero attached hydrogens (tertiary/aromatic N) is 2. The van der Waals surface area contributed by atoms with Gasteiger partial charge < -0.3 is 19.9 Å². The van der Waals surface area contributed by atoms with Crippen molar-refractivity contribution in [2.45, 2.75) is 6.92 Å². The van der Waals surface area contributed by atoms with Crippen molar-refractivity contribution in [1.82, 2.24) is 4.98 Å². The lowest BCUT2D eigenvalue weighted by Gasteiger charge is -2.16. The van der Waals surface area contributed by atoms with Gasteiger partial charge in [0.15, 0.2) is 11.5 Å². The number of pyridine rings is 1. The summed E-state index contributed by atoms with van der Waals surface area (Å²) in [7, 11) is 3.06. The summed E-state index contributed by atoms with van der Waals surface area (Å²) in [5.74, 6) is 0.0146. The van der Waals surface area contributed by atoms with Crippen LogP contribution in [-0.4, -0.2) is 30.3 Å². The van der Waals surface area contributed by atoms with E-state index in [2.05, 4.69) is 16.4 Å². The summed E-state index contributed by atoms with van der Waals surface area (Å²) < 4.78 is 10.7. The molecule has 0 unspecified atom stereocenters. The standard InChI is InChI=1S/C20H17N3O4/c1-11-13(20(24)25)5-4-6-15(11)23-19-12(9-21)10-22-16-8-18(27-3)17(26-2)7-14(16)19/h4-8,10H,1-3H3,(H,22,23)(H,24,25). The highest BCUT2D eigenvalue weighted by Gasteiger charge is 2.16. The minimum absolute atomic E-state index is 0.191. The van der Waals surface area contributed by atoms with Crippen LogP contribution >= 0.6 is 0 Å². The fourth-order valence-electron chi connectivity index (χ4n) is 2.88. The third kappa shape index (κ3) is 3.20. The van der Waals surface area contributed by atoms with Crippen LogP contribution in [0.15, 0.2) is 36.5 Å². The van der Waals surface area contributed by atoms with Crippen molar-refractivity contribution >= 4 is 28.2 Å². The molecular weight excluding hydrogens is 346 g/mol. The first-order valence-electron chi connectivity index (χ1n) is 8.05. The first-order chi connectivity index (χ1) is 13.0. The predicted octanol–water partition coefficient (Wildman–Crippen LogP) is 3.87. The van der Waals surface area contributed by atoms with Gasteiger partial charge >= 0.3 is 5.97 Å². The summed E-state index contributed by atoms with van der Waals surface area (Å²) in [5, 5.41) is 22.7. The number of hydrogen-bond donors (Lipinski definition) is 2. The molecule has 0 aliphatic rings. The fourth-order valence-corrected chi connectivity index (χ4v) is 2.88. The second-order valence-electron chi connectivity index (χ2n) is 5.79. The second-order valence-corrected chi connectivity index (χ2v) is 5.79. The van der Waals surface area contributed by atoms with E-state index in [4.69, 9.17) is 9.47 Å². The minimum atomic E-state index is -1.01. The SMILES string of the molecule is COc1cc2ncc(C#N)c(Nc3cccc(C(=O)O)c3C)c2cc1OC. The Balaban J connectivity index is 2.23. The topological polar surface area (TPSA) is 104 Å². The largest absolute Gasteiger partial charge is 0.493 e. The number of ether oxygens (including phenoxy) is 2. The van der Waals surface area contributed by atoms with E-state index in [1.807, 2.05) is 0 Å². The molecule has 0 atom stereocenters. The second kappa shape index (κ2) is 7.22. The van der Waals surface area contributed by atoms with Crippen LogP contribution < -0.4 is 14.8 Å². The zero-order valence-corrected chi connectivity index (χ0v) is 15.0. The Morgan fingerprint density at radius 1 is 1.22 bits per heavy atom. The third-order valence-electron chi connectivity index (χ3n) is 4.32. The van der Waals surface area contributed by atoms with Crippen LogP contribution in [0.1, 0.15) is 21.5 Å². The Morgan fingerprint density at radius 3 is 2.56 bits per heavy atom. The average Bonchev–Trinajstić information content (AvgIpc) is 2.68. The van der Waals surface area contributed by atoms with Crippen LogP contribution in [0.4, 0.5) is 11.4 Å². The molecule has 0 spiro atoms. The molecule has 0 fully saturated rings. The van der Waals surface area contributed by atoms with E-state index in [-0.39, 0.29) is 5.56 Å². The molecule has 0 saturated carbocycles. The van der Waals surface area contributed by atoms with E-state index in [0.29, 0.717) is 44.9 Å².